The van der Waals surface area contributed by atoms with Gasteiger partial charge in [-0.05, 0) is 22.0 Å². The monoisotopic (exact) mass is 283 g/mol. The molecule has 0 bridgehead atoms. The van der Waals surface area contributed by atoms with E-state index in [-0.39, 0.29) is 0 Å². The van der Waals surface area contributed by atoms with Gasteiger partial charge in [0.25, 0.3) is 0 Å². The van der Waals surface area contributed by atoms with Crippen LogP contribution in [0.1, 0.15) is 4.88 Å². The van der Waals surface area contributed by atoms with Gasteiger partial charge in [0, 0.05) is 21.1 Å². The minimum atomic E-state index is 0.986. The average Bonchev–Trinajstić information content (AvgIpc) is 2.59. The van der Waals surface area contributed by atoms with Gasteiger partial charge in [0.2, 0.25) is 0 Å². The molecule has 2 aromatic rings. The van der Waals surface area contributed by atoms with Gasteiger partial charge < -0.3 is 0 Å². The molecule has 14 heavy (non-hydrogen) atoms. The van der Waals surface area contributed by atoms with E-state index in [0.29, 0.717) is 0 Å². The van der Waals surface area contributed by atoms with E-state index in [1.54, 1.807) is 11.3 Å². The lowest BCUT2D eigenvalue weighted by atomic mass is 10.1. The van der Waals surface area contributed by atoms with Crippen LogP contribution >= 0.6 is 39.0 Å². The van der Waals surface area contributed by atoms with Crippen molar-refractivity contribution < 1.29 is 0 Å². The fourth-order valence-electron chi connectivity index (χ4n) is 1.56. The quantitative estimate of drug-likeness (QED) is 0.720. The number of benzene rings is 1. The van der Waals surface area contributed by atoms with Crippen LogP contribution in [0.25, 0.3) is 11.3 Å². The van der Waals surface area contributed by atoms with Crippen molar-refractivity contribution in [1.29, 1.82) is 0 Å². The lowest BCUT2D eigenvalue weighted by Gasteiger charge is -2.13. The number of thioether (sulfide) groups is 1. The molecule has 0 unspecified atom stereocenters. The Morgan fingerprint density at radius 3 is 3.07 bits per heavy atom. The Morgan fingerprint density at radius 1 is 1.29 bits per heavy atom. The summed E-state index contributed by atoms with van der Waals surface area (Å²) in [4.78, 5) is 7.24. The highest BCUT2D eigenvalue weighted by Crippen LogP contribution is 2.43. The van der Waals surface area contributed by atoms with Crippen molar-refractivity contribution in [2.45, 2.75) is 10.6 Å². The van der Waals surface area contributed by atoms with E-state index in [9.17, 15) is 0 Å². The molecule has 0 fully saturated rings. The zero-order valence-corrected chi connectivity index (χ0v) is 10.4. The number of hydrogen-bond acceptors (Lipinski definition) is 3. The Labute approximate surface area is 98.7 Å². The summed E-state index contributed by atoms with van der Waals surface area (Å²) in [6.45, 7) is 0. The van der Waals surface area contributed by atoms with E-state index in [1.807, 2.05) is 11.8 Å². The smallest absolute Gasteiger partial charge is 0.160 e. The molecule has 0 spiro atoms. The predicted molar refractivity (Wildman–Crippen MR) is 64.8 cm³/mol. The molecule has 1 aromatic carbocycles. The number of aromatic nitrogens is 1. The maximum Gasteiger partial charge on any atom is 0.160 e. The van der Waals surface area contributed by atoms with Gasteiger partial charge in [-0.15, -0.1) is 23.1 Å². The first-order valence-corrected chi connectivity index (χ1v) is 6.81. The molecule has 0 saturated carbocycles. The van der Waals surface area contributed by atoms with Gasteiger partial charge in [0.1, 0.15) is 0 Å². The second kappa shape index (κ2) is 3.36. The molecule has 0 atom stereocenters. The van der Waals surface area contributed by atoms with Crippen molar-refractivity contribution in [3.63, 3.8) is 0 Å². The maximum atomic E-state index is 4.51. The normalized spacial score (nSPS) is 13.5. The zero-order valence-electron chi connectivity index (χ0n) is 7.16. The number of fused-ring (bicyclic) bond motifs is 3. The third kappa shape index (κ3) is 1.33. The summed E-state index contributed by atoms with van der Waals surface area (Å²) in [6.07, 6.45) is 0. The highest BCUT2D eigenvalue weighted by atomic mass is 79.9. The molecule has 1 aromatic heterocycles. The summed E-state index contributed by atoms with van der Waals surface area (Å²) in [6, 6.07) is 8.46. The van der Waals surface area contributed by atoms with Crippen LogP contribution in [0.4, 0.5) is 0 Å². The molecule has 3 rings (SSSR count). The lowest BCUT2D eigenvalue weighted by Crippen LogP contribution is -1.92. The van der Waals surface area contributed by atoms with Gasteiger partial charge in [0.15, 0.2) is 3.92 Å². The Balaban J connectivity index is 2.28. The number of rotatable bonds is 0. The molecule has 1 aliphatic heterocycles. The molecule has 1 nitrogen and oxygen atoms in total. The molecule has 2 heterocycles. The summed E-state index contributed by atoms with van der Waals surface area (Å²) in [5.41, 5.74) is 2.44. The maximum absolute atomic E-state index is 4.51. The van der Waals surface area contributed by atoms with E-state index < -0.39 is 0 Å². The molecule has 0 N–H and O–H groups in total. The molecular formula is C10H6BrNS2. The van der Waals surface area contributed by atoms with Crippen LogP contribution in [0.15, 0.2) is 33.1 Å². The first kappa shape index (κ1) is 8.95. The minimum absolute atomic E-state index is 0.986. The second-order valence-electron chi connectivity index (χ2n) is 3.02. The van der Waals surface area contributed by atoms with Crippen LogP contribution in [0, 0.1) is 0 Å². The van der Waals surface area contributed by atoms with Crippen LogP contribution in [0.5, 0.6) is 0 Å². The van der Waals surface area contributed by atoms with Gasteiger partial charge in [-0.2, -0.15) is 0 Å². The molecular weight excluding hydrogens is 278 g/mol. The summed E-state index contributed by atoms with van der Waals surface area (Å²) in [5, 5.41) is 0. The van der Waals surface area contributed by atoms with Crippen molar-refractivity contribution >= 4 is 39.0 Å². The van der Waals surface area contributed by atoms with Crippen LogP contribution in [0.2, 0.25) is 0 Å². The Kier molecular flexibility index (Phi) is 2.15. The molecule has 1 aliphatic rings. The van der Waals surface area contributed by atoms with Crippen LogP contribution < -0.4 is 0 Å². The lowest BCUT2D eigenvalue weighted by molar-refractivity contribution is 1.27. The average molecular weight is 284 g/mol. The highest BCUT2D eigenvalue weighted by molar-refractivity contribution is 9.11. The van der Waals surface area contributed by atoms with E-state index in [2.05, 4.69) is 45.2 Å². The number of thiazole rings is 1. The first-order chi connectivity index (χ1) is 6.84. The van der Waals surface area contributed by atoms with Crippen molar-refractivity contribution in [2.75, 3.05) is 0 Å². The summed E-state index contributed by atoms with van der Waals surface area (Å²) < 4.78 is 0.986. The van der Waals surface area contributed by atoms with E-state index in [0.717, 1.165) is 15.4 Å². The largest absolute Gasteiger partial charge is 0.229 e. The van der Waals surface area contributed by atoms with E-state index in [4.69, 9.17) is 0 Å². The Bertz CT molecular complexity index is 493. The topological polar surface area (TPSA) is 12.9 Å². The molecule has 0 radical (unpaired) electrons. The Hall–Kier alpha value is -0.320. The van der Waals surface area contributed by atoms with Gasteiger partial charge in [-0.1, -0.05) is 18.2 Å². The predicted octanol–water partition coefficient (Wildman–Crippen LogP) is 4.18. The van der Waals surface area contributed by atoms with Crippen LogP contribution in [-0.2, 0) is 5.75 Å². The molecule has 70 valence electrons. The minimum Gasteiger partial charge on any atom is -0.229 e. The summed E-state index contributed by atoms with van der Waals surface area (Å²) in [7, 11) is 0. The van der Waals surface area contributed by atoms with Gasteiger partial charge in [0.05, 0.1) is 5.69 Å². The molecule has 0 amide bonds. The standard InChI is InChI=1S/C10H6BrNS2/c11-10-12-9-6-3-1-2-4-7(6)13-5-8(9)14-10/h1-4H,5H2. The number of nitrogens with zero attached hydrogens (tertiary/aromatic N) is 1. The third-order valence-electron chi connectivity index (χ3n) is 2.17. The molecule has 4 heteroatoms. The zero-order chi connectivity index (χ0) is 9.54. The first-order valence-electron chi connectivity index (χ1n) is 4.22. The summed E-state index contributed by atoms with van der Waals surface area (Å²) >= 11 is 7.08. The summed E-state index contributed by atoms with van der Waals surface area (Å²) in [5.74, 6) is 1.05. The van der Waals surface area contributed by atoms with Gasteiger partial charge in [-0.3, -0.25) is 0 Å². The van der Waals surface area contributed by atoms with E-state index in [1.165, 1.54) is 15.3 Å². The van der Waals surface area contributed by atoms with E-state index >= 15 is 0 Å². The van der Waals surface area contributed by atoms with Crippen molar-refractivity contribution in [3.8, 4) is 11.3 Å². The van der Waals surface area contributed by atoms with Crippen molar-refractivity contribution in [1.82, 2.24) is 4.98 Å². The van der Waals surface area contributed by atoms with Crippen molar-refractivity contribution in [2.24, 2.45) is 0 Å². The SMILES string of the molecule is Brc1nc2c(s1)CSc1ccccc1-2. The fourth-order valence-corrected chi connectivity index (χ4v) is 4.25. The fraction of sp³-hybridized carbons (Fsp3) is 0.100. The second-order valence-corrected chi connectivity index (χ2v) is 6.40. The van der Waals surface area contributed by atoms with Crippen molar-refractivity contribution in [3.05, 3.63) is 33.1 Å². The highest BCUT2D eigenvalue weighted by Gasteiger charge is 2.19. The van der Waals surface area contributed by atoms with Gasteiger partial charge >= 0.3 is 0 Å². The molecule has 0 aliphatic carbocycles. The molecule has 0 saturated heterocycles. The Morgan fingerprint density at radius 2 is 2.14 bits per heavy atom. The number of halogens is 1. The third-order valence-corrected chi connectivity index (χ3v) is 4.96. The number of hydrogen-bond donors (Lipinski definition) is 0. The van der Waals surface area contributed by atoms with Crippen LogP contribution in [0.3, 0.4) is 0 Å². The van der Waals surface area contributed by atoms with Crippen LogP contribution in [-0.4, -0.2) is 4.98 Å². The van der Waals surface area contributed by atoms with Gasteiger partial charge in [-0.25, -0.2) is 4.98 Å².